The van der Waals surface area contributed by atoms with Gasteiger partial charge in [-0.1, -0.05) is 24.3 Å². The number of rotatable bonds is 3. The number of fused-ring (bicyclic) bond motifs is 1. The third-order valence-electron chi connectivity index (χ3n) is 6.02. The van der Waals surface area contributed by atoms with Gasteiger partial charge in [-0.05, 0) is 60.5 Å². The van der Waals surface area contributed by atoms with Crippen LogP contribution in [-0.2, 0) is 9.59 Å². The van der Waals surface area contributed by atoms with E-state index in [1.165, 1.54) is 4.90 Å². The number of hydrogen-bond acceptors (Lipinski definition) is 6. The molecule has 7 heteroatoms. The summed E-state index contributed by atoms with van der Waals surface area (Å²) in [6.45, 7) is 2.70. The van der Waals surface area contributed by atoms with Gasteiger partial charge in [-0.3, -0.25) is 14.5 Å². The van der Waals surface area contributed by atoms with Gasteiger partial charge in [-0.15, -0.1) is 0 Å². The number of hydrogen-bond donors (Lipinski definition) is 1. The molecule has 1 unspecified atom stereocenters. The highest BCUT2D eigenvalue weighted by Crippen LogP contribution is 2.44. The number of aliphatic hydroxyl groups excluding tert-OH is 1. The van der Waals surface area contributed by atoms with Crippen LogP contribution in [0.2, 0.25) is 0 Å². The van der Waals surface area contributed by atoms with Crippen molar-refractivity contribution in [3.8, 4) is 17.6 Å². The number of aryl methyl sites for hydroxylation is 1. The van der Waals surface area contributed by atoms with E-state index in [1.807, 2.05) is 37.3 Å². The Labute approximate surface area is 196 Å². The minimum Gasteiger partial charge on any atom is -0.507 e. The molecule has 2 heterocycles. The lowest BCUT2D eigenvalue weighted by atomic mass is 9.92. The monoisotopic (exact) mass is 452 g/mol. The third kappa shape index (κ3) is 3.46. The maximum atomic E-state index is 13.3. The van der Waals surface area contributed by atoms with Gasteiger partial charge in [0, 0.05) is 11.3 Å². The third-order valence-corrected chi connectivity index (χ3v) is 6.02. The molecular formula is C27H20N2O5. The summed E-state index contributed by atoms with van der Waals surface area (Å²) in [7, 11) is 0. The molecule has 0 radical (unpaired) electrons. The van der Waals surface area contributed by atoms with Crippen LogP contribution >= 0.6 is 0 Å². The van der Waals surface area contributed by atoms with Crippen LogP contribution in [0.3, 0.4) is 0 Å². The van der Waals surface area contributed by atoms with Crippen LogP contribution in [0.5, 0.6) is 11.5 Å². The number of ketones is 1. The molecule has 2 aliphatic rings. The van der Waals surface area contributed by atoms with Crippen molar-refractivity contribution in [1.29, 1.82) is 5.26 Å². The molecule has 168 valence electrons. The number of benzene rings is 3. The first-order valence-corrected chi connectivity index (χ1v) is 10.8. The molecular weight excluding hydrogens is 432 g/mol. The van der Waals surface area contributed by atoms with Crippen LogP contribution in [0.25, 0.3) is 5.76 Å². The van der Waals surface area contributed by atoms with Gasteiger partial charge < -0.3 is 14.6 Å². The quantitative estimate of drug-likeness (QED) is 0.362. The van der Waals surface area contributed by atoms with Gasteiger partial charge in [-0.2, -0.15) is 5.26 Å². The number of anilines is 1. The van der Waals surface area contributed by atoms with Gasteiger partial charge in [0.05, 0.1) is 23.2 Å². The van der Waals surface area contributed by atoms with E-state index in [2.05, 4.69) is 0 Å². The van der Waals surface area contributed by atoms with Crippen LogP contribution in [-0.4, -0.2) is 30.0 Å². The first-order chi connectivity index (χ1) is 16.5. The fourth-order valence-corrected chi connectivity index (χ4v) is 4.33. The van der Waals surface area contributed by atoms with Crippen molar-refractivity contribution in [2.75, 3.05) is 18.1 Å². The Kier molecular flexibility index (Phi) is 5.27. The number of aliphatic hydroxyl groups is 1. The lowest BCUT2D eigenvalue weighted by Gasteiger charge is -2.26. The summed E-state index contributed by atoms with van der Waals surface area (Å²) in [4.78, 5) is 27.9. The molecule has 0 bridgehead atoms. The number of amides is 1. The molecule has 0 aliphatic carbocycles. The average molecular weight is 452 g/mol. The van der Waals surface area contributed by atoms with Crippen molar-refractivity contribution in [1.82, 2.24) is 0 Å². The maximum absolute atomic E-state index is 13.3. The molecule has 7 nitrogen and oxygen atoms in total. The number of Topliss-reactive ketones (excluding diaryl/α,β-unsaturated/α-hetero) is 1. The van der Waals surface area contributed by atoms with Gasteiger partial charge in [0.15, 0.2) is 11.5 Å². The SMILES string of the molecule is Cc1ccccc1C1/C(=C(\O)c2ccc3c(c2)OCCO3)C(=O)C(=O)N1c1ccc(C#N)cc1. The van der Waals surface area contributed by atoms with Crippen molar-refractivity contribution in [3.63, 3.8) is 0 Å². The number of nitrogens with zero attached hydrogens (tertiary/aromatic N) is 2. The van der Waals surface area contributed by atoms with E-state index in [9.17, 15) is 14.7 Å². The number of carbonyl (C=O) groups excluding carboxylic acids is 2. The van der Waals surface area contributed by atoms with E-state index in [0.29, 0.717) is 47.1 Å². The summed E-state index contributed by atoms with van der Waals surface area (Å²) in [6, 6.07) is 19.9. The lowest BCUT2D eigenvalue weighted by Crippen LogP contribution is -2.29. The predicted molar refractivity (Wildman–Crippen MR) is 125 cm³/mol. The Bertz CT molecular complexity index is 1380. The molecule has 2 aliphatic heterocycles. The van der Waals surface area contributed by atoms with Crippen LogP contribution in [0.1, 0.15) is 28.3 Å². The standard InChI is InChI=1S/C27H20N2O5/c1-16-4-2-3-5-20(16)24-23(25(30)18-8-11-21-22(14-18)34-13-12-33-21)26(31)27(32)29(24)19-9-6-17(15-28)7-10-19/h2-11,14,24,30H,12-13H2,1H3/b25-23+. The molecule has 3 aromatic carbocycles. The van der Waals surface area contributed by atoms with Gasteiger partial charge in [-0.25, -0.2) is 0 Å². The second kappa shape index (κ2) is 8.41. The van der Waals surface area contributed by atoms with Crippen molar-refractivity contribution in [2.45, 2.75) is 13.0 Å². The Morgan fingerprint density at radius 1 is 1.00 bits per heavy atom. The highest BCUT2D eigenvalue weighted by atomic mass is 16.6. The van der Waals surface area contributed by atoms with E-state index in [4.69, 9.17) is 14.7 Å². The molecule has 0 aromatic heterocycles. The largest absolute Gasteiger partial charge is 0.507 e. The zero-order chi connectivity index (χ0) is 23.8. The smallest absolute Gasteiger partial charge is 0.300 e. The topological polar surface area (TPSA) is 99.9 Å². The molecule has 0 spiro atoms. The van der Waals surface area contributed by atoms with Gasteiger partial charge >= 0.3 is 0 Å². The molecule has 1 amide bonds. The second-order valence-corrected chi connectivity index (χ2v) is 8.04. The summed E-state index contributed by atoms with van der Waals surface area (Å²) in [5.74, 6) is -0.817. The molecule has 3 aromatic rings. The van der Waals surface area contributed by atoms with E-state index in [-0.39, 0.29) is 11.3 Å². The zero-order valence-electron chi connectivity index (χ0n) is 18.3. The second-order valence-electron chi connectivity index (χ2n) is 8.04. The molecule has 34 heavy (non-hydrogen) atoms. The molecule has 0 saturated carbocycles. The summed E-state index contributed by atoms with van der Waals surface area (Å²) < 4.78 is 11.2. The lowest BCUT2D eigenvalue weighted by molar-refractivity contribution is -0.132. The minimum absolute atomic E-state index is 0.0136. The summed E-state index contributed by atoms with van der Waals surface area (Å²) >= 11 is 0. The molecule has 5 rings (SSSR count). The summed E-state index contributed by atoms with van der Waals surface area (Å²) in [6.07, 6.45) is 0. The molecule has 1 N–H and O–H groups in total. The highest BCUT2D eigenvalue weighted by molar-refractivity contribution is 6.51. The molecule has 1 saturated heterocycles. The van der Waals surface area contributed by atoms with Crippen LogP contribution in [0.15, 0.2) is 72.3 Å². The zero-order valence-corrected chi connectivity index (χ0v) is 18.3. The predicted octanol–water partition coefficient (Wildman–Crippen LogP) is 4.26. The van der Waals surface area contributed by atoms with E-state index in [1.54, 1.807) is 42.5 Å². The summed E-state index contributed by atoms with van der Waals surface area (Å²) in [5.41, 5.74) is 2.80. The van der Waals surface area contributed by atoms with E-state index >= 15 is 0 Å². The summed E-state index contributed by atoms with van der Waals surface area (Å²) in [5, 5.41) is 20.5. The Morgan fingerprint density at radius 2 is 1.71 bits per heavy atom. The van der Waals surface area contributed by atoms with Gasteiger partial charge in [0.2, 0.25) is 0 Å². The van der Waals surface area contributed by atoms with Crippen molar-refractivity contribution >= 4 is 23.1 Å². The van der Waals surface area contributed by atoms with E-state index in [0.717, 1.165) is 5.56 Å². The number of carbonyl (C=O) groups is 2. The molecule has 1 atom stereocenters. The van der Waals surface area contributed by atoms with Crippen molar-refractivity contribution < 1.29 is 24.2 Å². The Balaban J connectivity index is 1.70. The van der Waals surface area contributed by atoms with Crippen molar-refractivity contribution in [2.24, 2.45) is 0 Å². The fourth-order valence-electron chi connectivity index (χ4n) is 4.33. The van der Waals surface area contributed by atoms with Crippen LogP contribution < -0.4 is 14.4 Å². The first kappa shape index (κ1) is 21.3. The van der Waals surface area contributed by atoms with Gasteiger partial charge in [0.1, 0.15) is 19.0 Å². The minimum atomic E-state index is -0.845. The average Bonchev–Trinajstić information content (AvgIpc) is 3.13. The number of ether oxygens (including phenoxy) is 2. The van der Waals surface area contributed by atoms with Crippen LogP contribution in [0, 0.1) is 18.3 Å². The Morgan fingerprint density at radius 3 is 2.41 bits per heavy atom. The van der Waals surface area contributed by atoms with Crippen molar-refractivity contribution in [3.05, 3.63) is 94.6 Å². The fraction of sp³-hybridized carbons (Fsp3) is 0.148. The van der Waals surface area contributed by atoms with E-state index < -0.39 is 17.7 Å². The normalized spacial score (nSPS) is 18.6. The number of nitriles is 1. The first-order valence-electron chi connectivity index (χ1n) is 10.8. The van der Waals surface area contributed by atoms with Gasteiger partial charge in [0.25, 0.3) is 11.7 Å². The maximum Gasteiger partial charge on any atom is 0.300 e. The van der Waals surface area contributed by atoms with Crippen LogP contribution in [0.4, 0.5) is 5.69 Å². The Hall–Kier alpha value is -4.57. The molecule has 1 fully saturated rings. The highest BCUT2D eigenvalue weighted by Gasteiger charge is 2.47.